The minimum atomic E-state index is -3.83. The van der Waals surface area contributed by atoms with Crippen molar-refractivity contribution in [3.05, 3.63) is 34.2 Å². The summed E-state index contributed by atoms with van der Waals surface area (Å²) in [6.07, 6.45) is 1.50. The van der Waals surface area contributed by atoms with Gasteiger partial charge in [-0.1, -0.05) is 13.3 Å². The molecule has 0 saturated carbocycles. The zero-order valence-electron chi connectivity index (χ0n) is 32.2. The zero-order valence-corrected chi connectivity index (χ0v) is 33.0. The van der Waals surface area contributed by atoms with Crippen LogP contribution in [0.5, 0.6) is 5.75 Å². The number of nitrogens with zero attached hydrogens (tertiary/aromatic N) is 5. The molecule has 3 heterocycles. The van der Waals surface area contributed by atoms with Crippen molar-refractivity contribution in [3.63, 3.8) is 0 Å². The van der Waals surface area contributed by atoms with E-state index in [4.69, 9.17) is 42.9 Å². The molecule has 54 heavy (non-hydrogen) atoms. The van der Waals surface area contributed by atoms with Gasteiger partial charge in [-0.3, -0.25) is 14.4 Å². The number of aromatic nitrogens is 4. The van der Waals surface area contributed by atoms with Gasteiger partial charge in [0.2, 0.25) is 10.0 Å². The molecule has 18 heteroatoms. The van der Waals surface area contributed by atoms with Crippen molar-refractivity contribution in [1.29, 1.82) is 0 Å². The van der Waals surface area contributed by atoms with Crippen LogP contribution in [0, 0.1) is 0 Å². The van der Waals surface area contributed by atoms with Crippen LogP contribution in [0.1, 0.15) is 26.0 Å². The number of hydrogen-bond donors (Lipinski definition) is 1. The summed E-state index contributed by atoms with van der Waals surface area (Å²) in [5, 5.41) is 4.49. The Labute approximate surface area is 318 Å². The molecular weight excluding hydrogens is 724 g/mol. The van der Waals surface area contributed by atoms with E-state index in [0.717, 1.165) is 12.1 Å². The highest BCUT2D eigenvalue weighted by Gasteiger charge is 2.30. The van der Waals surface area contributed by atoms with Crippen LogP contribution in [0.4, 0.5) is 0 Å². The molecule has 0 radical (unpaired) electrons. The van der Waals surface area contributed by atoms with Gasteiger partial charge in [0, 0.05) is 46.9 Å². The fraction of sp³-hybridized carbons (Fsp3) is 0.694. The SMILES string of the molecule is CCCc1nn(C)c2c(=O)[nH]c(-c3cc(S(=O)(=O)N4CCN(CCOCCOCCOCCOCCOCCOCCOC)CC4)ccc3OCC)nc12. The van der Waals surface area contributed by atoms with Crippen LogP contribution < -0.4 is 10.3 Å². The number of hydrogen-bond acceptors (Lipinski definition) is 14. The van der Waals surface area contributed by atoms with Crippen LogP contribution in [-0.4, -0.2) is 170 Å². The number of methoxy groups -OCH3 is 1. The Balaban J connectivity index is 1.12. The van der Waals surface area contributed by atoms with Crippen LogP contribution in [0.3, 0.4) is 0 Å². The molecule has 2 aromatic heterocycles. The van der Waals surface area contributed by atoms with Gasteiger partial charge in [0.25, 0.3) is 5.56 Å². The monoisotopic (exact) mass is 782 g/mol. The molecule has 0 spiro atoms. The predicted octanol–water partition coefficient (Wildman–Crippen LogP) is 1.73. The first-order valence-electron chi connectivity index (χ1n) is 18.7. The molecule has 0 unspecified atom stereocenters. The van der Waals surface area contributed by atoms with Crippen molar-refractivity contribution in [2.24, 2.45) is 7.05 Å². The third-order valence-electron chi connectivity index (χ3n) is 8.57. The molecule has 1 aliphatic heterocycles. The lowest BCUT2D eigenvalue weighted by Crippen LogP contribution is -2.49. The van der Waals surface area contributed by atoms with Crippen LogP contribution >= 0.6 is 0 Å². The molecule has 304 valence electrons. The molecule has 17 nitrogen and oxygen atoms in total. The summed E-state index contributed by atoms with van der Waals surface area (Å²) in [5.41, 5.74) is 1.63. The third-order valence-corrected chi connectivity index (χ3v) is 10.5. The average Bonchev–Trinajstić information content (AvgIpc) is 3.49. The van der Waals surface area contributed by atoms with Gasteiger partial charge in [0.05, 0.1) is 109 Å². The minimum Gasteiger partial charge on any atom is -0.493 e. The fourth-order valence-corrected chi connectivity index (χ4v) is 7.24. The second-order valence-electron chi connectivity index (χ2n) is 12.4. The maximum atomic E-state index is 13.8. The lowest BCUT2D eigenvalue weighted by molar-refractivity contribution is -0.0198. The quantitative estimate of drug-likeness (QED) is 0.105. The van der Waals surface area contributed by atoms with E-state index in [0.29, 0.717) is 154 Å². The smallest absolute Gasteiger partial charge is 0.277 e. The second kappa shape index (κ2) is 23.8. The first kappa shape index (κ1) is 43.7. The highest BCUT2D eigenvalue weighted by molar-refractivity contribution is 7.89. The summed E-state index contributed by atoms with van der Waals surface area (Å²) < 4.78 is 74.4. The first-order valence-corrected chi connectivity index (χ1v) is 20.1. The first-order chi connectivity index (χ1) is 26.3. The van der Waals surface area contributed by atoms with Crippen molar-refractivity contribution in [1.82, 2.24) is 29.0 Å². The van der Waals surface area contributed by atoms with E-state index in [1.807, 2.05) is 13.8 Å². The van der Waals surface area contributed by atoms with Crippen LogP contribution in [0.2, 0.25) is 0 Å². The van der Waals surface area contributed by atoms with Gasteiger partial charge in [-0.2, -0.15) is 9.40 Å². The number of benzene rings is 1. The Morgan fingerprint density at radius 3 is 1.87 bits per heavy atom. The standard InChI is InChI=1S/C36H58N6O11S/c1-5-7-31-33-34(40(3)39-31)36(43)38-35(37-33)30-28-29(8-9-32(30)53-6-2)54(44,45)42-12-10-41(11-13-42)14-15-47-18-19-49-22-23-51-26-27-52-25-24-50-21-20-48-17-16-46-4/h8-9,28H,5-7,10-27H2,1-4H3,(H,37,38,43). The molecule has 1 N–H and O–H groups in total. The summed E-state index contributed by atoms with van der Waals surface area (Å²) in [4.78, 5) is 23.0. The van der Waals surface area contributed by atoms with Gasteiger partial charge >= 0.3 is 0 Å². The van der Waals surface area contributed by atoms with E-state index in [2.05, 4.69) is 15.0 Å². The molecule has 0 aliphatic carbocycles. The van der Waals surface area contributed by atoms with E-state index in [1.165, 1.54) is 15.1 Å². The Morgan fingerprint density at radius 1 is 0.778 bits per heavy atom. The summed E-state index contributed by atoms with van der Waals surface area (Å²) in [7, 11) is -0.481. The zero-order chi connectivity index (χ0) is 38.6. The molecule has 1 aromatic carbocycles. The second-order valence-corrected chi connectivity index (χ2v) is 14.4. The minimum absolute atomic E-state index is 0.108. The number of ether oxygens (including phenoxy) is 8. The number of fused-ring (bicyclic) bond motifs is 1. The van der Waals surface area contributed by atoms with E-state index in [9.17, 15) is 13.2 Å². The Kier molecular flexibility index (Phi) is 19.2. The Hall–Kier alpha value is -3.04. The molecule has 1 aliphatic rings. The lowest BCUT2D eigenvalue weighted by Gasteiger charge is -2.34. The van der Waals surface area contributed by atoms with Gasteiger partial charge in [-0.25, -0.2) is 13.4 Å². The van der Waals surface area contributed by atoms with Crippen LogP contribution in [-0.2, 0) is 56.6 Å². The van der Waals surface area contributed by atoms with Gasteiger partial charge in [-0.15, -0.1) is 0 Å². The van der Waals surface area contributed by atoms with Crippen molar-refractivity contribution in [3.8, 4) is 17.1 Å². The normalized spacial score (nSPS) is 14.4. The topological polar surface area (TPSA) is 178 Å². The number of nitrogens with one attached hydrogen (secondary N) is 1. The summed E-state index contributed by atoms with van der Waals surface area (Å²) in [6.45, 7) is 13.3. The van der Waals surface area contributed by atoms with E-state index < -0.39 is 10.0 Å². The summed E-state index contributed by atoms with van der Waals surface area (Å²) >= 11 is 0. The Bertz CT molecular complexity index is 1700. The number of aromatic amines is 1. The number of aryl methyl sites for hydroxylation is 2. The lowest BCUT2D eigenvalue weighted by atomic mass is 10.1. The molecule has 1 saturated heterocycles. The number of piperazine rings is 1. The molecule has 0 bridgehead atoms. The van der Waals surface area contributed by atoms with Gasteiger partial charge in [0.15, 0.2) is 5.52 Å². The van der Waals surface area contributed by atoms with Gasteiger partial charge < -0.3 is 42.9 Å². The molecular formula is C36H58N6O11S. The average molecular weight is 783 g/mol. The molecule has 4 rings (SSSR count). The van der Waals surface area contributed by atoms with Crippen LogP contribution in [0.15, 0.2) is 27.9 Å². The summed E-state index contributed by atoms with van der Waals surface area (Å²) in [6, 6.07) is 4.70. The molecule has 1 fully saturated rings. The Morgan fingerprint density at radius 2 is 1.33 bits per heavy atom. The van der Waals surface area contributed by atoms with E-state index in [1.54, 1.807) is 26.3 Å². The van der Waals surface area contributed by atoms with E-state index >= 15 is 0 Å². The molecule has 3 aromatic rings. The maximum absolute atomic E-state index is 13.8. The largest absolute Gasteiger partial charge is 0.493 e. The summed E-state index contributed by atoms with van der Waals surface area (Å²) in [5.74, 6) is 0.664. The van der Waals surface area contributed by atoms with Crippen molar-refractivity contribution in [2.75, 3.05) is 132 Å². The maximum Gasteiger partial charge on any atom is 0.277 e. The van der Waals surface area contributed by atoms with Gasteiger partial charge in [0.1, 0.15) is 17.1 Å². The molecule has 0 amide bonds. The fourth-order valence-electron chi connectivity index (χ4n) is 5.80. The third kappa shape index (κ3) is 13.3. The number of H-pyrrole nitrogens is 1. The molecule has 0 atom stereocenters. The predicted molar refractivity (Wildman–Crippen MR) is 202 cm³/mol. The van der Waals surface area contributed by atoms with Crippen molar-refractivity contribution < 1.29 is 46.3 Å². The number of sulfonamides is 1. The van der Waals surface area contributed by atoms with Crippen LogP contribution in [0.25, 0.3) is 22.4 Å². The number of rotatable bonds is 28. The highest BCUT2D eigenvalue weighted by atomic mass is 32.2. The van der Waals surface area contributed by atoms with Crippen molar-refractivity contribution >= 4 is 21.1 Å². The highest BCUT2D eigenvalue weighted by Crippen LogP contribution is 2.32. The van der Waals surface area contributed by atoms with Crippen molar-refractivity contribution in [2.45, 2.75) is 31.6 Å². The van der Waals surface area contributed by atoms with E-state index in [-0.39, 0.29) is 16.3 Å². The van der Waals surface area contributed by atoms with Gasteiger partial charge in [-0.05, 0) is 31.5 Å².